The number of esters is 1. The highest BCUT2D eigenvalue weighted by molar-refractivity contribution is 9.10. The van der Waals surface area contributed by atoms with Crippen LogP contribution in [0.5, 0.6) is 5.75 Å². The minimum Gasteiger partial charge on any atom is -0.480 e. The predicted octanol–water partition coefficient (Wildman–Crippen LogP) is 4.14. The molecular weight excluding hydrogens is 456 g/mol. The number of amides is 1. The molecule has 1 aliphatic heterocycles. The average molecular weight is 471 g/mol. The van der Waals surface area contributed by atoms with Crippen LogP contribution in [0, 0.1) is 12.3 Å². The van der Waals surface area contributed by atoms with Gasteiger partial charge in [-0.3, -0.25) is 4.79 Å². The minimum absolute atomic E-state index is 0.130. The molecule has 0 unspecified atom stereocenters. The summed E-state index contributed by atoms with van der Waals surface area (Å²) in [7, 11) is 1.32. The van der Waals surface area contributed by atoms with Gasteiger partial charge in [-0.25, -0.2) is 9.79 Å². The number of rotatable bonds is 5. The Hall–Kier alpha value is -3.02. The van der Waals surface area contributed by atoms with E-state index in [1.165, 1.54) is 18.9 Å². The van der Waals surface area contributed by atoms with E-state index in [2.05, 4.69) is 36.9 Å². The molecule has 0 aliphatic carbocycles. The number of ether oxygens (including phenoxy) is 2. The standard InChI is InChI=1S/C21H15BrN2O4S/c1-3-10-28-17-9-6-15(22)11-14(17)12-18-19(25)24-21(29-18)23-16-7-4-13(5-8-16)20(26)27-2/h1,4-9,11-12H,10H2,2H3,(H,23,24,25)/b18-12-. The summed E-state index contributed by atoms with van der Waals surface area (Å²) >= 11 is 4.63. The molecule has 1 amide bonds. The summed E-state index contributed by atoms with van der Waals surface area (Å²) in [6.45, 7) is 0.130. The van der Waals surface area contributed by atoms with Crippen molar-refractivity contribution < 1.29 is 19.1 Å². The molecule has 0 saturated carbocycles. The zero-order chi connectivity index (χ0) is 20.8. The lowest BCUT2D eigenvalue weighted by molar-refractivity contribution is -0.115. The quantitative estimate of drug-likeness (QED) is 0.403. The molecule has 146 valence electrons. The van der Waals surface area contributed by atoms with E-state index in [4.69, 9.17) is 11.2 Å². The van der Waals surface area contributed by atoms with Gasteiger partial charge in [0.15, 0.2) is 5.17 Å². The highest BCUT2D eigenvalue weighted by atomic mass is 79.9. The molecule has 1 heterocycles. The molecule has 3 rings (SSSR count). The summed E-state index contributed by atoms with van der Waals surface area (Å²) in [5.41, 5.74) is 1.74. The van der Waals surface area contributed by atoms with Crippen molar-refractivity contribution >= 4 is 56.5 Å². The summed E-state index contributed by atoms with van der Waals surface area (Å²) < 4.78 is 11.1. The number of aliphatic imine (C=N–C) groups is 1. The Morgan fingerprint density at radius 2 is 2.07 bits per heavy atom. The number of halogens is 1. The van der Waals surface area contributed by atoms with Crippen LogP contribution in [0.2, 0.25) is 0 Å². The third-order valence-corrected chi connectivity index (χ3v) is 5.14. The topological polar surface area (TPSA) is 77.0 Å². The second-order valence-electron chi connectivity index (χ2n) is 5.70. The summed E-state index contributed by atoms with van der Waals surface area (Å²) in [5.74, 6) is 2.32. The third kappa shape index (κ3) is 5.28. The predicted molar refractivity (Wildman–Crippen MR) is 117 cm³/mol. The van der Waals surface area contributed by atoms with Gasteiger partial charge >= 0.3 is 5.97 Å². The maximum atomic E-state index is 12.3. The smallest absolute Gasteiger partial charge is 0.337 e. The van der Waals surface area contributed by atoms with Crippen LogP contribution in [-0.2, 0) is 9.53 Å². The third-order valence-electron chi connectivity index (χ3n) is 3.74. The van der Waals surface area contributed by atoms with Crippen LogP contribution in [0.15, 0.2) is 56.8 Å². The number of hydrogen-bond donors (Lipinski definition) is 1. The molecule has 2 aromatic carbocycles. The van der Waals surface area contributed by atoms with Crippen molar-refractivity contribution in [3.8, 4) is 18.1 Å². The van der Waals surface area contributed by atoms with Crippen molar-refractivity contribution in [1.82, 2.24) is 5.32 Å². The van der Waals surface area contributed by atoms with Gasteiger partial charge < -0.3 is 14.8 Å². The molecule has 1 aliphatic rings. The molecule has 1 saturated heterocycles. The SMILES string of the molecule is C#CCOc1ccc(Br)cc1/C=C1\SC(=Nc2ccc(C(=O)OC)cc2)NC1=O. The first kappa shape index (κ1) is 20.7. The number of carbonyl (C=O) groups is 2. The summed E-state index contributed by atoms with van der Waals surface area (Å²) in [5, 5.41) is 3.17. The maximum absolute atomic E-state index is 12.3. The lowest BCUT2D eigenvalue weighted by atomic mass is 10.2. The molecule has 0 atom stereocenters. The van der Waals surface area contributed by atoms with Crippen molar-refractivity contribution in [2.45, 2.75) is 0 Å². The number of terminal acetylenes is 1. The van der Waals surface area contributed by atoms with E-state index in [0.29, 0.717) is 27.1 Å². The van der Waals surface area contributed by atoms with Gasteiger partial charge in [-0.2, -0.15) is 0 Å². The Morgan fingerprint density at radius 1 is 1.31 bits per heavy atom. The molecule has 0 bridgehead atoms. The fourth-order valence-corrected chi connectivity index (χ4v) is 3.62. The number of nitrogens with one attached hydrogen (secondary N) is 1. The van der Waals surface area contributed by atoms with E-state index < -0.39 is 5.97 Å². The van der Waals surface area contributed by atoms with Gasteiger partial charge in [0.2, 0.25) is 0 Å². The number of amidine groups is 1. The number of thioether (sulfide) groups is 1. The Kier molecular flexibility index (Phi) is 6.75. The van der Waals surface area contributed by atoms with Gasteiger partial charge in [0.1, 0.15) is 12.4 Å². The maximum Gasteiger partial charge on any atom is 0.337 e. The van der Waals surface area contributed by atoms with Gasteiger partial charge in [0.05, 0.1) is 23.3 Å². The molecule has 1 N–H and O–H groups in total. The minimum atomic E-state index is -0.421. The zero-order valence-electron chi connectivity index (χ0n) is 15.3. The average Bonchev–Trinajstić information content (AvgIpc) is 3.06. The molecule has 0 radical (unpaired) electrons. The van der Waals surface area contributed by atoms with E-state index in [-0.39, 0.29) is 12.5 Å². The van der Waals surface area contributed by atoms with Crippen LogP contribution in [0.25, 0.3) is 6.08 Å². The van der Waals surface area contributed by atoms with Crippen LogP contribution in [0.1, 0.15) is 15.9 Å². The van der Waals surface area contributed by atoms with Crippen LogP contribution >= 0.6 is 27.7 Å². The lowest BCUT2D eigenvalue weighted by Crippen LogP contribution is -2.19. The fraction of sp³-hybridized carbons (Fsp3) is 0.0952. The first-order valence-electron chi connectivity index (χ1n) is 8.34. The molecule has 1 fully saturated rings. The number of nitrogens with zero attached hydrogens (tertiary/aromatic N) is 1. The first-order chi connectivity index (χ1) is 14.0. The van der Waals surface area contributed by atoms with Crippen LogP contribution in [-0.4, -0.2) is 30.8 Å². The van der Waals surface area contributed by atoms with Crippen LogP contribution < -0.4 is 10.1 Å². The Bertz CT molecular complexity index is 1060. The second-order valence-corrected chi connectivity index (χ2v) is 7.64. The van der Waals surface area contributed by atoms with E-state index in [1.807, 2.05) is 12.1 Å². The van der Waals surface area contributed by atoms with Crippen molar-refractivity contribution in [3.63, 3.8) is 0 Å². The van der Waals surface area contributed by atoms with Crippen molar-refractivity contribution in [2.75, 3.05) is 13.7 Å². The number of hydrogen-bond acceptors (Lipinski definition) is 6. The second kappa shape index (κ2) is 9.45. The van der Waals surface area contributed by atoms with Gasteiger partial charge in [0, 0.05) is 10.0 Å². The highest BCUT2D eigenvalue weighted by Crippen LogP contribution is 2.32. The Labute approximate surface area is 180 Å². The van der Waals surface area contributed by atoms with Gasteiger partial charge in [-0.15, -0.1) is 6.42 Å². The zero-order valence-corrected chi connectivity index (χ0v) is 17.7. The van der Waals surface area contributed by atoms with E-state index >= 15 is 0 Å². The van der Waals surface area contributed by atoms with Gasteiger partial charge in [-0.05, 0) is 60.3 Å². The molecule has 29 heavy (non-hydrogen) atoms. The Balaban J connectivity index is 1.82. The van der Waals surface area contributed by atoms with Crippen molar-refractivity contribution in [2.24, 2.45) is 4.99 Å². The van der Waals surface area contributed by atoms with Crippen molar-refractivity contribution in [1.29, 1.82) is 0 Å². The number of methoxy groups -OCH3 is 1. The van der Waals surface area contributed by atoms with Crippen LogP contribution in [0.3, 0.4) is 0 Å². The van der Waals surface area contributed by atoms with E-state index in [9.17, 15) is 9.59 Å². The van der Waals surface area contributed by atoms with Crippen molar-refractivity contribution in [3.05, 3.63) is 63.0 Å². The number of carbonyl (C=O) groups excluding carboxylic acids is 2. The largest absolute Gasteiger partial charge is 0.480 e. The monoisotopic (exact) mass is 470 g/mol. The van der Waals surface area contributed by atoms with Gasteiger partial charge in [0.25, 0.3) is 5.91 Å². The molecule has 0 spiro atoms. The molecular formula is C21H15BrN2O4S. The van der Waals surface area contributed by atoms with E-state index in [0.717, 1.165) is 10.0 Å². The fourth-order valence-electron chi connectivity index (χ4n) is 2.41. The lowest BCUT2D eigenvalue weighted by Gasteiger charge is -2.07. The number of benzene rings is 2. The highest BCUT2D eigenvalue weighted by Gasteiger charge is 2.24. The van der Waals surface area contributed by atoms with Crippen LogP contribution in [0.4, 0.5) is 5.69 Å². The van der Waals surface area contributed by atoms with E-state index in [1.54, 1.807) is 36.4 Å². The molecule has 0 aromatic heterocycles. The summed E-state index contributed by atoms with van der Waals surface area (Å²) in [6, 6.07) is 12.0. The summed E-state index contributed by atoms with van der Waals surface area (Å²) in [4.78, 5) is 28.7. The normalized spacial score (nSPS) is 15.8. The summed E-state index contributed by atoms with van der Waals surface area (Å²) in [6.07, 6.45) is 6.98. The molecule has 2 aromatic rings. The molecule has 6 nitrogen and oxygen atoms in total. The van der Waals surface area contributed by atoms with Gasteiger partial charge in [-0.1, -0.05) is 21.9 Å². The molecule has 8 heteroatoms. The first-order valence-corrected chi connectivity index (χ1v) is 9.95. The Morgan fingerprint density at radius 3 is 2.76 bits per heavy atom.